The molecule has 50 heavy (non-hydrogen) atoms. The summed E-state index contributed by atoms with van der Waals surface area (Å²) in [6, 6.07) is -1.05. The van der Waals surface area contributed by atoms with Crippen LogP contribution in [-0.4, -0.2) is 101 Å². The van der Waals surface area contributed by atoms with Crippen LogP contribution in [0.3, 0.4) is 0 Å². The molecule has 0 aromatic rings. The first-order valence-corrected chi connectivity index (χ1v) is 20.1. The van der Waals surface area contributed by atoms with Crippen molar-refractivity contribution >= 4 is 11.9 Å². The van der Waals surface area contributed by atoms with Gasteiger partial charge in [-0.15, -0.1) is 0 Å². The second-order valence-electron chi connectivity index (χ2n) is 19.5. The first kappa shape index (κ1) is 35.7. The van der Waals surface area contributed by atoms with Crippen LogP contribution < -0.4 is 5.32 Å². The van der Waals surface area contributed by atoms with Crippen molar-refractivity contribution in [2.75, 3.05) is 26.2 Å². The summed E-state index contributed by atoms with van der Waals surface area (Å²) >= 11 is 0. The second-order valence-corrected chi connectivity index (χ2v) is 19.5. The molecular formula is C40H64N2O8. The third-order valence-corrected chi connectivity index (χ3v) is 17.0. The summed E-state index contributed by atoms with van der Waals surface area (Å²) in [6.45, 7) is 15.6. The van der Waals surface area contributed by atoms with Gasteiger partial charge in [0.15, 0.2) is 6.29 Å². The van der Waals surface area contributed by atoms with Gasteiger partial charge in [-0.25, -0.2) is 0 Å². The van der Waals surface area contributed by atoms with Crippen molar-refractivity contribution in [1.82, 2.24) is 10.2 Å². The maximum absolute atomic E-state index is 12.9. The number of aliphatic hydroxyl groups excluding tert-OH is 2. The van der Waals surface area contributed by atoms with E-state index in [0.717, 1.165) is 38.5 Å². The Morgan fingerprint density at radius 3 is 2.44 bits per heavy atom. The minimum atomic E-state index is -1.07. The van der Waals surface area contributed by atoms with E-state index < -0.39 is 24.2 Å². The number of ether oxygens (including phenoxy) is 3. The van der Waals surface area contributed by atoms with Gasteiger partial charge in [-0.1, -0.05) is 34.6 Å². The van der Waals surface area contributed by atoms with Gasteiger partial charge in [-0.3, -0.25) is 14.9 Å². The predicted octanol–water partition coefficient (Wildman–Crippen LogP) is 4.59. The van der Waals surface area contributed by atoms with Gasteiger partial charge < -0.3 is 34.4 Å². The zero-order valence-corrected chi connectivity index (χ0v) is 31.4. The number of nitrogens with zero attached hydrogens (tertiary/aromatic N) is 1. The summed E-state index contributed by atoms with van der Waals surface area (Å²) in [5.41, 5.74) is 0.200. The van der Waals surface area contributed by atoms with E-state index in [4.69, 9.17) is 14.2 Å². The number of hydrogen-bond acceptors (Lipinski definition) is 8. The molecule has 1 amide bonds. The highest BCUT2D eigenvalue weighted by molar-refractivity contribution is 5.76. The van der Waals surface area contributed by atoms with E-state index >= 15 is 0 Å². The molecule has 6 aliphatic carbocycles. The van der Waals surface area contributed by atoms with Crippen LogP contribution in [-0.2, 0) is 23.8 Å². The third-order valence-electron chi connectivity index (χ3n) is 17.0. The molecule has 10 nitrogen and oxygen atoms in total. The minimum absolute atomic E-state index is 0.0158. The largest absolute Gasteiger partial charge is 0.480 e. The lowest BCUT2D eigenvalue weighted by molar-refractivity contribution is -0.248. The van der Waals surface area contributed by atoms with Gasteiger partial charge in [0.05, 0.1) is 43.7 Å². The number of aliphatic carboxylic acids is 1. The molecule has 8 aliphatic rings. The molecule has 2 spiro atoms. The van der Waals surface area contributed by atoms with Gasteiger partial charge in [-0.2, -0.15) is 0 Å². The number of rotatable bonds is 9. The second kappa shape index (κ2) is 12.1. The first-order chi connectivity index (χ1) is 23.6. The Morgan fingerprint density at radius 1 is 1.02 bits per heavy atom. The van der Waals surface area contributed by atoms with E-state index in [1.54, 1.807) is 0 Å². The number of morpholine rings is 1. The Labute approximate surface area is 298 Å². The highest BCUT2D eigenvalue weighted by Gasteiger charge is 2.84. The molecule has 8 fully saturated rings. The summed E-state index contributed by atoms with van der Waals surface area (Å²) in [4.78, 5) is 26.6. The van der Waals surface area contributed by atoms with Crippen LogP contribution >= 0.6 is 0 Å². The van der Waals surface area contributed by atoms with Gasteiger partial charge in [0, 0.05) is 24.9 Å². The molecule has 4 unspecified atom stereocenters. The average molecular weight is 701 g/mol. The first-order valence-electron chi connectivity index (χ1n) is 20.1. The number of nitrogens with one attached hydrogen (secondary N) is 1. The highest BCUT2D eigenvalue weighted by Crippen LogP contribution is 2.89. The fourth-order valence-electron chi connectivity index (χ4n) is 14.3. The minimum Gasteiger partial charge on any atom is -0.480 e. The van der Waals surface area contributed by atoms with Gasteiger partial charge in [0.2, 0.25) is 5.91 Å². The molecule has 10 heteroatoms. The smallest absolute Gasteiger partial charge is 0.323 e. The quantitative estimate of drug-likeness (QED) is 0.272. The SMILES string of the molecule is C[C@H](O)[C@@H](NCC1C[C@@H](C)[C@H]2C(O1)[C@H](O)[C@@]1(C)C3CC[C@H]4C(C)(C)[C@@H](O[C@H]5CN(C(=O)CC6CC6)CCO5)CC[C@@]45CC35CC[C@]21C)C(=O)O. The van der Waals surface area contributed by atoms with E-state index in [1.165, 1.54) is 32.6 Å². The van der Waals surface area contributed by atoms with Crippen molar-refractivity contribution in [1.29, 1.82) is 0 Å². The molecule has 0 bridgehead atoms. The third kappa shape index (κ3) is 5.07. The number of carbonyl (C=O) groups excluding carboxylic acids is 1. The molecule has 0 aromatic heterocycles. The Bertz CT molecular complexity index is 1350. The van der Waals surface area contributed by atoms with Crippen LogP contribution in [0.15, 0.2) is 0 Å². The highest BCUT2D eigenvalue weighted by atomic mass is 16.7. The maximum Gasteiger partial charge on any atom is 0.323 e. The van der Waals surface area contributed by atoms with Crippen molar-refractivity contribution in [2.45, 2.75) is 155 Å². The molecule has 8 rings (SSSR count). The van der Waals surface area contributed by atoms with E-state index in [1.807, 2.05) is 4.90 Å². The standard InChI is InChI=1S/C40H64N2O8/c1-22-17-25(19-41-32(23(2)43)35(46)47)49-33-31(22)37(5)13-14-40-21-39(40)12-11-28(36(3,4)26(39)9-10-27(40)38(37,6)34(33)45)50-30-20-42(15-16-48-30)29(44)18-24-7-8-24/h22-28,30-34,41,43,45H,7-21H2,1-6H3,(H,46,47)/t22-,23+,25?,26+,27?,28+,30+,31+,32-,33?,34+,37-,38-,39-,40?/m1/s1. The van der Waals surface area contributed by atoms with Crippen LogP contribution in [0.4, 0.5) is 0 Å². The lowest BCUT2D eigenvalue weighted by Crippen LogP contribution is -2.60. The van der Waals surface area contributed by atoms with Gasteiger partial charge in [0.25, 0.3) is 0 Å². The lowest BCUT2D eigenvalue weighted by atomic mass is 9.41. The van der Waals surface area contributed by atoms with E-state index in [-0.39, 0.29) is 63.5 Å². The average Bonchev–Trinajstić information content (AvgIpc) is 3.97. The molecule has 0 radical (unpaired) electrons. The zero-order valence-electron chi connectivity index (χ0n) is 31.4. The monoisotopic (exact) mass is 700 g/mol. The van der Waals surface area contributed by atoms with Crippen molar-refractivity contribution in [3.05, 3.63) is 0 Å². The maximum atomic E-state index is 12.9. The number of amides is 1. The number of fused-ring (bicyclic) bond motifs is 4. The fraction of sp³-hybridized carbons (Fsp3) is 0.950. The van der Waals surface area contributed by atoms with E-state index in [0.29, 0.717) is 56.3 Å². The van der Waals surface area contributed by atoms with Crippen LogP contribution in [0.1, 0.15) is 112 Å². The summed E-state index contributed by atoms with van der Waals surface area (Å²) in [6.07, 6.45) is 9.51. The lowest BCUT2D eigenvalue weighted by Gasteiger charge is -2.64. The van der Waals surface area contributed by atoms with Crippen molar-refractivity contribution in [3.8, 4) is 0 Å². The van der Waals surface area contributed by atoms with Crippen LogP contribution in [0.25, 0.3) is 0 Å². The van der Waals surface area contributed by atoms with Crippen LogP contribution in [0, 0.1) is 56.7 Å². The van der Waals surface area contributed by atoms with Crippen LogP contribution in [0.5, 0.6) is 0 Å². The van der Waals surface area contributed by atoms with Gasteiger partial charge >= 0.3 is 5.97 Å². The summed E-state index contributed by atoms with van der Waals surface area (Å²) in [5, 5.41) is 35.1. The van der Waals surface area contributed by atoms with Crippen molar-refractivity contribution < 1.29 is 39.1 Å². The normalized spacial score (nSPS) is 50.2. The molecule has 2 aliphatic heterocycles. The molecular weight excluding hydrogens is 636 g/mol. The number of carbonyl (C=O) groups is 2. The Morgan fingerprint density at radius 2 is 1.74 bits per heavy atom. The predicted molar refractivity (Wildman–Crippen MR) is 186 cm³/mol. The van der Waals surface area contributed by atoms with Crippen molar-refractivity contribution in [2.24, 2.45) is 56.7 Å². The summed E-state index contributed by atoms with van der Waals surface area (Å²) < 4.78 is 19.7. The molecule has 2 heterocycles. The number of carboxylic acid groups (broad SMARTS) is 1. The number of carboxylic acids is 1. The number of aliphatic hydroxyl groups is 2. The summed E-state index contributed by atoms with van der Waals surface area (Å²) in [7, 11) is 0. The molecule has 282 valence electrons. The molecule has 2 saturated heterocycles. The Balaban J connectivity index is 0.975. The van der Waals surface area contributed by atoms with E-state index in [2.05, 4.69) is 39.9 Å². The molecule has 15 atom stereocenters. The molecule has 0 aromatic carbocycles. The molecule has 6 saturated carbocycles. The molecule has 4 N–H and O–H groups in total. The van der Waals surface area contributed by atoms with Crippen molar-refractivity contribution in [3.63, 3.8) is 0 Å². The van der Waals surface area contributed by atoms with Gasteiger partial charge in [0.1, 0.15) is 6.04 Å². The van der Waals surface area contributed by atoms with Gasteiger partial charge in [-0.05, 0) is 122 Å². The van der Waals surface area contributed by atoms with E-state index in [9.17, 15) is 24.9 Å². The van der Waals surface area contributed by atoms with Crippen LogP contribution in [0.2, 0.25) is 0 Å². The topological polar surface area (TPSA) is 138 Å². The zero-order chi connectivity index (χ0) is 35.6. The Kier molecular flexibility index (Phi) is 8.65. The fourth-order valence-corrected chi connectivity index (χ4v) is 14.3. The number of hydrogen-bond donors (Lipinski definition) is 4. The summed E-state index contributed by atoms with van der Waals surface area (Å²) in [5.74, 6) is 1.35. The Hall–Kier alpha value is -1.30.